The Kier molecular flexibility index (Phi) is 8.78. The number of likely N-dealkylation sites (N-methyl/N-ethyl adjacent to an activating group) is 1. The minimum atomic E-state index is -0.0319. The molecule has 0 heterocycles. The van der Waals surface area contributed by atoms with Gasteiger partial charge in [0.1, 0.15) is 0 Å². The van der Waals surface area contributed by atoms with Gasteiger partial charge in [-0.25, -0.2) is 0 Å². The summed E-state index contributed by atoms with van der Waals surface area (Å²) >= 11 is 0. The summed E-state index contributed by atoms with van der Waals surface area (Å²) in [5, 5.41) is 0. The highest BCUT2D eigenvalue weighted by molar-refractivity contribution is 4.94. The first-order chi connectivity index (χ1) is 8.44. The van der Waals surface area contributed by atoms with Crippen molar-refractivity contribution in [2.24, 2.45) is 11.7 Å². The van der Waals surface area contributed by atoms with Crippen LogP contribution in [0, 0.1) is 5.92 Å². The van der Waals surface area contributed by atoms with Crippen molar-refractivity contribution in [3.63, 3.8) is 0 Å². The molecule has 0 saturated heterocycles. The van der Waals surface area contributed by atoms with Crippen LogP contribution in [-0.2, 0) is 4.74 Å². The normalized spacial score (nSPS) is 15.7. The zero-order valence-corrected chi connectivity index (χ0v) is 13.2. The van der Waals surface area contributed by atoms with Gasteiger partial charge in [-0.05, 0) is 39.5 Å². The summed E-state index contributed by atoms with van der Waals surface area (Å²) in [5.41, 5.74) is 6.04. The van der Waals surface area contributed by atoms with Crippen LogP contribution in [0.2, 0.25) is 0 Å². The van der Waals surface area contributed by atoms with Crippen LogP contribution in [-0.4, -0.2) is 69.3 Å². The van der Waals surface area contributed by atoms with E-state index in [1.807, 2.05) is 0 Å². The molecule has 1 atom stereocenters. The van der Waals surface area contributed by atoms with E-state index < -0.39 is 0 Å². The number of methoxy groups -OCH3 is 1. The molecule has 0 aromatic carbocycles. The Bertz CT molecular complexity index is 209. The van der Waals surface area contributed by atoms with E-state index in [2.05, 4.69) is 44.7 Å². The predicted molar refractivity (Wildman–Crippen MR) is 78.9 cm³/mol. The highest BCUT2D eigenvalue weighted by atomic mass is 16.5. The summed E-state index contributed by atoms with van der Waals surface area (Å²) in [6.45, 7) is 11.2. The minimum absolute atomic E-state index is 0.0319. The number of hydrogen-bond acceptors (Lipinski definition) is 4. The van der Waals surface area contributed by atoms with E-state index in [9.17, 15) is 0 Å². The Morgan fingerprint density at radius 3 is 2.17 bits per heavy atom. The fourth-order valence-corrected chi connectivity index (χ4v) is 2.57. The van der Waals surface area contributed by atoms with Crippen LogP contribution in [0.4, 0.5) is 0 Å². The summed E-state index contributed by atoms with van der Waals surface area (Å²) in [4.78, 5) is 4.72. The van der Waals surface area contributed by atoms with Gasteiger partial charge in [0.2, 0.25) is 0 Å². The molecule has 0 aliphatic rings. The SMILES string of the molecule is CCN(CCCN(C)C)C(CN)(COC)C(C)C. The maximum Gasteiger partial charge on any atom is 0.0661 e. The maximum absolute atomic E-state index is 6.07. The van der Waals surface area contributed by atoms with E-state index in [0.717, 1.165) is 19.6 Å². The lowest BCUT2D eigenvalue weighted by Crippen LogP contribution is -2.60. The van der Waals surface area contributed by atoms with Gasteiger partial charge in [0, 0.05) is 20.2 Å². The van der Waals surface area contributed by atoms with Gasteiger partial charge in [0.05, 0.1) is 12.1 Å². The van der Waals surface area contributed by atoms with E-state index in [4.69, 9.17) is 10.5 Å². The van der Waals surface area contributed by atoms with Gasteiger partial charge in [-0.15, -0.1) is 0 Å². The lowest BCUT2D eigenvalue weighted by Gasteiger charge is -2.46. The molecule has 0 aromatic rings. The van der Waals surface area contributed by atoms with Gasteiger partial charge in [-0.3, -0.25) is 4.90 Å². The number of hydrogen-bond donors (Lipinski definition) is 1. The van der Waals surface area contributed by atoms with E-state index >= 15 is 0 Å². The van der Waals surface area contributed by atoms with Crippen LogP contribution in [0.1, 0.15) is 27.2 Å². The van der Waals surface area contributed by atoms with Crippen LogP contribution in [0.15, 0.2) is 0 Å². The van der Waals surface area contributed by atoms with Gasteiger partial charge in [0.25, 0.3) is 0 Å². The fraction of sp³-hybridized carbons (Fsp3) is 1.00. The van der Waals surface area contributed by atoms with Gasteiger partial charge in [-0.2, -0.15) is 0 Å². The Morgan fingerprint density at radius 1 is 1.22 bits per heavy atom. The van der Waals surface area contributed by atoms with Gasteiger partial charge < -0.3 is 15.4 Å². The second-order valence-corrected chi connectivity index (χ2v) is 5.63. The van der Waals surface area contributed by atoms with Crippen LogP contribution < -0.4 is 5.73 Å². The fourth-order valence-electron chi connectivity index (χ4n) is 2.57. The van der Waals surface area contributed by atoms with E-state index in [1.54, 1.807) is 7.11 Å². The molecule has 4 heteroatoms. The summed E-state index contributed by atoms with van der Waals surface area (Å²) in [5.74, 6) is 0.488. The number of nitrogens with zero attached hydrogens (tertiary/aromatic N) is 2. The Balaban J connectivity index is 4.69. The third kappa shape index (κ3) is 4.84. The second kappa shape index (κ2) is 8.86. The van der Waals surface area contributed by atoms with Crippen LogP contribution in [0.25, 0.3) is 0 Å². The molecule has 1 unspecified atom stereocenters. The maximum atomic E-state index is 6.07. The van der Waals surface area contributed by atoms with Crippen molar-refractivity contribution in [2.45, 2.75) is 32.7 Å². The molecule has 0 saturated carbocycles. The summed E-state index contributed by atoms with van der Waals surface area (Å²) < 4.78 is 5.44. The van der Waals surface area contributed by atoms with Gasteiger partial charge in [-0.1, -0.05) is 20.8 Å². The third-order valence-electron chi connectivity index (χ3n) is 3.87. The molecule has 0 aliphatic heterocycles. The van der Waals surface area contributed by atoms with Crippen molar-refractivity contribution >= 4 is 0 Å². The molecular weight excluding hydrogens is 226 g/mol. The average Bonchev–Trinajstić information content (AvgIpc) is 2.31. The Hall–Kier alpha value is -0.160. The minimum Gasteiger partial charge on any atom is -0.383 e. The molecule has 0 radical (unpaired) electrons. The quantitative estimate of drug-likeness (QED) is 0.641. The van der Waals surface area contributed by atoms with Crippen molar-refractivity contribution in [1.82, 2.24) is 9.80 Å². The zero-order chi connectivity index (χ0) is 14.2. The molecule has 110 valence electrons. The molecular formula is C14H33N3O. The molecule has 0 aromatic heterocycles. The van der Waals surface area contributed by atoms with E-state index in [0.29, 0.717) is 19.1 Å². The number of ether oxygens (including phenoxy) is 1. The Labute approximate surface area is 113 Å². The molecule has 0 spiro atoms. The molecule has 0 amide bonds. The smallest absolute Gasteiger partial charge is 0.0661 e. The number of rotatable bonds is 10. The highest BCUT2D eigenvalue weighted by Gasteiger charge is 2.37. The summed E-state index contributed by atoms with van der Waals surface area (Å²) in [7, 11) is 5.99. The zero-order valence-electron chi connectivity index (χ0n) is 13.2. The molecule has 0 rings (SSSR count). The first-order valence-electron chi connectivity index (χ1n) is 7.03. The largest absolute Gasteiger partial charge is 0.383 e. The summed E-state index contributed by atoms with van der Waals surface area (Å²) in [6.07, 6.45) is 1.17. The standard InChI is InChI=1S/C14H33N3O/c1-7-17(10-8-9-16(4)5)14(11-15,12-18-6)13(2)3/h13H,7-12,15H2,1-6H3. The predicted octanol–water partition coefficient (Wildman–Crippen LogP) is 1.26. The molecule has 2 N–H and O–H groups in total. The van der Waals surface area contributed by atoms with Crippen molar-refractivity contribution in [3.05, 3.63) is 0 Å². The lowest BCUT2D eigenvalue weighted by atomic mass is 9.85. The first kappa shape index (κ1) is 17.8. The second-order valence-electron chi connectivity index (χ2n) is 5.63. The van der Waals surface area contributed by atoms with E-state index in [-0.39, 0.29) is 5.54 Å². The molecule has 4 nitrogen and oxygen atoms in total. The molecule has 0 fully saturated rings. The van der Waals surface area contributed by atoms with E-state index in [1.165, 1.54) is 6.42 Å². The molecule has 0 aliphatic carbocycles. The first-order valence-corrected chi connectivity index (χ1v) is 7.03. The van der Waals surface area contributed by atoms with Crippen LogP contribution >= 0.6 is 0 Å². The highest BCUT2D eigenvalue weighted by Crippen LogP contribution is 2.25. The average molecular weight is 259 g/mol. The third-order valence-corrected chi connectivity index (χ3v) is 3.87. The van der Waals surface area contributed by atoms with Crippen molar-refractivity contribution in [1.29, 1.82) is 0 Å². The lowest BCUT2D eigenvalue weighted by molar-refractivity contribution is -0.0148. The Morgan fingerprint density at radius 2 is 1.83 bits per heavy atom. The van der Waals surface area contributed by atoms with Crippen molar-refractivity contribution < 1.29 is 4.74 Å². The van der Waals surface area contributed by atoms with Crippen molar-refractivity contribution in [2.75, 3.05) is 54.0 Å². The monoisotopic (exact) mass is 259 g/mol. The molecule has 0 bridgehead atoms. The van der Waals surface area contributed by atoms with Crippen LogP contribution in [0.5, 0.6) is 0 Å². The number of nitrogens with two attached hydrogens (primary N) is 1. The molecule has 18 heavy (non-hydrogen) atoms. The van der Waals surface area contributed by atoms with Crippen molar-refractivity contribution in [3.8, 4) is 0 Å². The summed E-state index contributed by atoms with van der Waals surface area (Å²) in [6, 6.07) is 0. The van der Waals surface area contributed by atoms with Crippen LogP contribution in [0.3, 0.4) is 0 Å². The van der Waals surface area contributed by atoms with Gasteiger partial charge >= 0.3 is 0 Å². The van der Waals surface area contributed by atoms with Gasteiger partial charge in [0.15, 0.2) is 0 Å². The topological polar surface area (TPSA) is 41.7 Å².